The molecule has 1 aliphatic rings. The highest BCUT2D eigenvalue weighted by atomic mass is 19.1. The van der Waals surface area contributed by atoms with E-state index in [2.05, 4.69) is 10.3 Å². The first-order valence-corrected chi connectivity index (χ1v) is 6.31. The Balaban J connectivity index is 1.94. The fourth-order valence-electron chi connectivity index (χ4n) is 1.79. The summed E-state index contributed by atoms with van der Waals surface area (Å²) < 4.78 is 17.7. The van der Waals surface area contributed by atoms with E-state index in [0.717, 1.165) is 6.54 Å². The van der Waals surface area contributed by atoms with Crippen molar-refractivity contribution in [3.63, 3.8) is 0 Å². The SMILES string of the molecule is NC/C(=C\F)COc1ccc(N2CCNC(=O)C2)nc1. The zero-order valence-corrected chi connectivity index (χ0v) is 11.0. The Morgan fingerprint density at radius 1 is 1.60 bits per heavy atom. The lowest BCUT2D eigenvalue weighted by atomic mass is 10.3. The first-order chi connectivity index (χ1) is 9.72. The Hall–Kier alpha value is -2.15. The van der Waals surface area contributed by atoms with Gasteiger partial charge in [-0.2, -0.15) is 0 Å². The van der Waals surface area contributed by atoms with Gasteiger partial charge in [-0.3, -0.25) is 4.79 Å². The zero-order valence-electron chi connectivity index (χ0n) is 11.0. The maximum atomic E-state index is 12.3. The minimum Gasteiger partial charge on any atom is -0.487 e. The number of nitrogens with zero attached hydrogens (tertiary/aromatic N) is 2. The molecule has 1 fully saturated rings. The number of rotatable bonds is 5. The quantitative estimate of drug-likeness (QED) is 0.806. The first kappa shape index (κ1) is 14.3. The van der Waals surface area contributed by atoms with Gasteiger partial charge in [0.05, 0.1) is 19.1 Å². The van der Waals surface area contributed by atoms with Crippen molar-refractivity contribution >= 4 is 11.7 Å². The number of halogens is 1. The van der Waals surface area contributed by atoms with Crippen LogP contribution in [0.25, 0.3) is 0 Å². The van der Waals surface area contributed by atoms with Crippen LogP contribution >= 0.6 is 0 Å². The number of aromatic nitrogens is 1. The van der Waals surface area contributed by atoms with Gasteiger partial charge in [-0.05, 0) is 12.1 Å². The molecule has 6 nitrogen and oxygen atoms in total. The number of nitrogens with one attached hydrogen (secondary N) is 1. The van der Waals surface area contributed by atoms with E-state index in [0.29, 0.717) is 36.6 Å². The van der Waals surface area contributed by atoms with Crippen LogP contribution in [0, 0.1) is 0 Å². The lowest BCUT2D eigenvalue weighted by molar-refractivity contribution is -0.120. The molecular weight excluding hydrogens is 263 g/mol. The summed E-state index contributed by atoms with van der Waals surface area (Å²) in [4.78, 5) is 17.4. The molecule has 108 valence electrons. The summed E-state index contributed by atoms with van der Waals surface area (Å²) in [6.07, 6.45) is 2.00. The van der Waals surface area contributed by atoms with Crippen molar-refractivity contribution in [3.8, 4) is 5.75 Å². The number of piperazine rings is 1. The van der Waals surface area contributed by atoms with Gasteiger partial charge in [0.15, 0.2) is 0 Å². The second-order valence-corrected chi connectivity index (χ2v) is 4.38. The molecule has 1 amide bonds. The molecule has 1 saturated heterocycles. The van der Waals surface area contributed by atoms with Crippen LogP contribution in [0.5, 0.6) is 5.75 Å². The summed E-state index contributed by atoms with van der Waals surface area (Å²) in [6.45, 7) is 1.85. The van der Waals surface area contributed by atoms with Crippen molar-refractivity contribution in [2.45, 2.75) is 0 Å². The third-order valence-electron chi connectivity index (χ3n) is 2.92. The van der Waals surface area contributed by atoms with Gasteiger partial charge in [-0.1, -0.05) is 0 Å². The number of pyridine rings is 1. The molecule has 1 aromatic rings. The van der Waals surface area contributed by atoms with Crippen LogP contribution in [0.4, 0.5) is 10.2 Å². The lowest BCUT2D eigenvalue weighted by Crippen LogP contribution is -2.47. The predicted octanol–water partition coefficient (Wildman–Crippen LogP) is 0.209. The smallest absolute Gasteiger partial charge is 0.239 e. The van der Waals surface area contributed by atoms with E-state index in [9.17, 15) is 9.18 Å². The van der Waals surface area contributed by atoms with Crippen LogP contribution in [0.3, 0.4) is 0 Å². The van der Waals surface area contributed by atoms with Gasteiger partial charge >= 0.3 is 0 Å². The summed E-state index contributed by atoms with van der Waals surface area (Å²) >= 11 is 0. The normalized spacial score (nSPS) is 16.0. The van der Waals surface area contributed by atoms with E-state index < -0.39 is 0 Å². The minimum absolute atomic E-state index is 0.0148. The number of ether oxygens (including phenoxy) is 1. The molecule has 0 aliphatic carbocycles. The fourth-order valence-corrected chi connectivity index (χ4v) is 1.79. The molecule has 0 aromatic carbocycles. The molecule has 0 unspecified atom stereocenters. The van der Waals surface area contributed by atoms with Crippen molar-refractivity contribution in [1.82, 2.24) is 10.3 Å². The summed E-state index contributed by atoms with van der Waals surface area (Å²) in [5.74, 6) is 1.23. The van der Waals surface area contributed by atoms with Gasteiger partial charge < -0.3 is 20.7 Å². The van der Waals surface area contributed by atoms with Gasteiger partial charge in [0.1, 0.15) is 18.2 Å². The molecule has 2 heterocycles. The number of amides is 1. The van der Waals surface area contributed by atoms with Crippen LogP contribution in [0.2, 0.25) is 0 Å². The molecule has 20 heavy (non-hydrogen) atoms. The summed E-state index contributed by atoms with van der Waals surface area (Å²) in [5.41, 5.74) is 5.71. The van der Waals surface area contributed by atoms with Crippen molar-refractivity contribution in [2.75, 3.05) is 37.7 Å². The molecule has 7 heteroatoms. The average Bonchev–Trinajstić information content (AvgIpc) is 2.49. The van der Waals surface area contributed by atoms with E-state index in [4.69, 9.17) is 10.5 Å². The Morgan fingerprint density at radius 3 is 3.05 bits per heavy atom. The largest absolute Gasteiger partial charge is 0.487 e. The Kier molecular flexibility index (Phi) is 4.89. The Morgan fingerprint density at radius 2 is 2.45 bits per heavy atom. The molecular formula is C13H17FN4O2. The van der Waals surface area contributed by atoms with E-state index in [-0.39, 0.29) is 19.1 Å². The molecule has 1 aliphatic heterocycles. The number of hydrogen-bond acceptors (Lipinski definition) is 5. The molecule has 0 saturated carbocycles. The highest BCUT2D eigenvalue weighted by molar-refractivity contribution is 5.82. The van der Waals surface area contributed by atoms with Crippen LogP contribution in [0.15, 0.2) is 30.2 Å². The van der Waals surface area contributed by atoms with Gasteiger partial charge in [-0.15, -0.1) is 0 Å². The van der Waals surface area contributed by atoms with Gasteiger partial charge in [-0.25, -0.2) is 9.37 Å². The van der Waals surface area contributed by atoms with Crippen LogP contribution in [-0.2, 0) is 4.79 Å². The molecule has 0 spiro atoms. The van der Waals surface area contributed by atoms with Crippen molar-refractivity contribution in [3.05, 3.63) is 30.2 Å². The van der Waals surface area contributed by atoms with E-state index in [1.54, 1.807) is 18.3 Å². The third kappa shape index (κ3) is 3.67. The van der Waals surface area contributed by atoms with Gasteiger partial charge in [0, 0.05) is 25.2 Å². The molecule has 0 bridgehead atoms. The number of carbonyl (C=O) groups is 1. The Bertz CT molecular complexity index is 490. The molecule has 1 aromatic heterocycles. The number of anilines is 1. The van der Waals surface area contributed by atoms with Gasteiger partial charge in [0.2, 0.25) is 5.91 Å². The minimum atomic E-state index is -0.0148. The monoisotopic (exact) mass is 280 g/mol. The molecule has 2 rings (SSSR count). The lowest BCUT2D eigenvalue weighted by Gasteiger charge is -2.27. The zero-order chi connectivity index (χ0) is 14.4. The molecule has 3 N–H and O–H groups in total. The Labute approximate surface area is 116 Å². The molecule has 0 atom stereocenters. The number of nitrogens with two attached hydrogens (primary N) is 1. The van der Waals surface area contributed by atoms with E-state index >= 15 is 0 Å². The first-order valence-electron chi connectivity index (χ1n) is 6.31. The third-order valence-corrected chi connectivity index (χ3v) is 2.92. The van der Waals surface area contributed by atoms with Crippen LogP contribution in [-0.4, -0.2) is 43.7 Å². The van der Waals surface area contributed by atoms with Crippen LogP contribution in [0.1, 0.15) is 0 Å². The standard InChI is InChI=1S/C13H17FN4O2/c14-5-10(6-15)9-20-11-1-2-12(17-7-11)18-4-3-16-13(19)8-18/h1-2,5,7H,3-4,6,8-9,15H2,(H,16,19)/b10-5+. The maximum Gasteiger partial charge on any atom is 0.239 e. The highest BCUT2D eigenvalue weighted by Crippen LogP contribution is 2.16. The van der Waals surface area contributed by atoms with E-state index in [1.807, 2.05) is 4.90 Å². The summed E-state index contributed by atoms with van der Waals surface area (Å²) in [7, 11) is 0. The predicted molar refractivity (Wildman–Crippen MR) is 73.2 cm³/mol. The second-order valence-electron chi connectivity index (χ2n) is 4.38. The number of carbonyl (C=O) groups excluding carboxylic acids is 1. The second kappa shape index (κ2) is 6.85. The summed E-state index contributed by atoms with van der Waals surface area (Å²) in [5, 5.41) is 2.75. The molecule has 0 radical (unpaired) electrons. The topological polar surface area (TPSA) is 80.5 Å². The van der Waals surface area contributed by atoms with Crippen molar-refractivity contribution in [2.24, 2.45) is 5.73 Å². The van der Waals surface area contributed by atoms with Crippen molar-refractivity contribution < 1.29 is 13.9 Å². The van der Waals surface area contributed by atoms with Crippen molar-refractivity contribution in [1.29, 1.82) is 0 Å². The van der Waals surface area contributed by atoms with Gasteiger partial charge in [0.25, 0.3) is 0 Å². The maximum absolute atomic E-state index is 12.3. The fraction of sp³-hybridized carbons (Fsp3) is 0.385. The summed E-state index contributed by atoms with van der Waals surface area (Å²) in [6, 6.07) is 3.51. The number of hydrogen-bond donors (Lipinski definition) is 2. The highest BCUT2D eigenvalue weighted by Gasteiger charge is 2.17. The average molecular weight is 280 g/mol. The van der Waals surface area contributed by atoms with E-state index in [1.165, 1.54) is 0 Å². The van der Waals surface area contributed by atoms with Crippen LogP contribution < -0.4 is 20.7 Å².